The third-order valence-electron chi connectivity index (χ3n) is 2.40. The number of rotatable bonds is 4. The summed E-state index contributed by atoms with van der Waals surface area (Å²) in [6.07, 6.45) is 2.74. The SMILES string of the molecule is OCc1cccc(NCC2CC2)c1. The van der Waals surface area contributed by atoms with Crippen LogP contribution in [-0.2, 0) is 6.61 Å². The van der Waals surface area contributed by atoms with Gasteiger partial charge in [0.15, 0.2) is 0 Å². The molecule has 2 heteroatoms. The number of aliphatic hydroxyl groups is 1. The van der Waals surface area contributed by atoms with Crippen LogP contribution in [0.3, 0.4) is 0 Å². The summed E-state index contributed by atoms with van der Waals surface area (Å²) in [5, 5.41) is 12.3. The fraction of sp³-hybridized carbons (Fsp3) is 0.455. The van der Waals surface area contributed by atoms with E-state index in [9.17, 15) is 0 Å². The van der Waals surface area contributed by atoms with Crippen LogP contribution in [0.25, 0.3) is 0 Å². The van der Waals surface area contributed by atoms with E-state index in [0.29, 0.717) is 0 Å². The van der Waals surface area contributed by atoms with Crippen molar-refractivity contribution in [2.45, 2.75) is 19.4 Å². The first-order valence-electron chi connectivity index (χ1n) is 4.82. The minimum absolute atomic E-state index is 0.124. The summed E-state index contributed by atoms with van der Waals surface area (Å²) >= 11 is 0. The van der Waals surface area contributed by atoms with Gasteiger partial charge in [0.2, 0.25) is 0 Å². The molecule has 0 amide bonds. The van der Waals surface area contributed by atoms with Gasteiger partial charge in [-0.2, -0.15) is 0 Å². The lowest BCUT2D eigenvalue weighted by atomic mass is 10.2. The standard InChI is InChI=1S/C11H15NO/c13-8-10-2-1-3-11(6-10)12-7-9-4-5-9/h1-3,6,9,12-13H,4-5,7-8H2. The summed E-state index contributed by atoms with van der Waals surface area (Å²) in [5.41, 5.74) is 2.10. The van der Waals surface area contributed by atoms with Gasteiger partial charge >= 0.3 is 0 Å². The van der Waals surface area contributed by atoms with Gasteiger partial charge in [0.05, 0.1) is 6.61 Å². The Morgan fingerprint density at radius 2 is 2.23 bits per heavy atom. The van der Waals surface area contributed by atoms with E-state index in [1.807, 2.05) is 24.3 Å². The lowest BCUT2D eigenvalue weighted by Crippen LogP contribution is -2.03. The van der Waals surface area contributed by atoms with Gasteiger partial charge in [-0.25, -0.2) is 0 Å². The van der Waals surface area contributed by atoms with Gasteiger partial charge in [-0.15, -0.1) is 0 Å². The molecule has 13 heavy (non-hydrogen) atoms. The number of anilines is 1. The van der Waals surface area contributed by atoms with Gasteiger partial charge in [0.1, 0.15) is 0 Å². The number of benzene rings is 1. The Morgan fingerprint density at radius 1 is 1.38 bits per heavy atom. The Bertz CT molecular complexity index is 281. The lowest BCUT2D eigenvalue weighted by Gasteiger charge is -2.05. The fourth-order valence-corrected chi connectivity index (χ4v) is 1.36. The molecule has 1 aliphatic carbocycles. The first-order valence-corrected chi connectivity index (χ1v) is 4.82. The minimum Gasteiger partial charge on any atom is -0.392 e. The van der Waals surface area contributed by atoms with E-state index in [2.05, 4.69) is 5.32 Å². The first kappa shape index (κ1) is 8.57. The molecule has 0 spiro atoms. The molecule has 2 rings (SSSR count). The molecule has 0 aliphatic heterocycles. The van der Waals surface area contributed by atoms with Gasteiger partial charge in [-0.3, -0.25) is 0 Å². The van der Waals surface area contributed by atoms with Crippen LogP contribution in [-0.4, -0.2) is 11.7 Å². The van der Waals surface area contributed by atoms with Crippen molar-refractivity contribution in [3.8, 4) is 0 Å². The van der Waals surface area contributed by atoms with Crippen LogP contribution >= 0.6 is 0 Å². The Labute approximate surface area is 78.6 Å². The minimum atomic E-state index is 0.124. The smallest absolute Gasteiger partial charge is 0.0682 e. The zero-order valence-corrected chi connectivity index (χ0v) is 7.66. The van der Waals surface area contributed by atoms with Crippen molar-refractivity contribution in [1.82, 2.24) is 0 Å². The van der Waals surface area contributed by atoms with E-state index in [4.69, 9.17) is 5.11 Å². The Morgan fingerprint density at radius 3 is 2.92 bits per heavy atom. The van der Waals surface area contributed by atoms with Crippen molar-refractivity contribution in [3.63, 3.8) is 0 Å². The molecule has 0 bridgehead atoms. The molecule has 1 aromatic rings. The van der Waals surface area contributed by atoms with E-state index in [0.717, 1.165) is 23.7 Å². The van der Waals surface area contributed by atoms with Gasteiger partial charge in [-0.05, 0) is 36.5 Å². The highest BCUT2D eigenvalue weighted by molar-refractivity contribution is 5.45. The maximum atomic E-state index is 8.92. The molecule has 1 fully saturated rings. The molecule has 0 heterocycles. The average molecular weight is 177 g/mol. The molecule has 0 atom stereocenters. The maximum absolute atomic E-state index is 8.92. The quantitative estimate of drug-likeness (QED) is 0.737. The summed E-state index contributed by atoms with van der Waals surface area (Å²) in [6, 6.07) is 7.95. The topological polar surface area (TPSA) is 32.3 Å². The van der Waals surface area contributed by atoms with Gasteiger partial charge in [0.25, 0.3) is 0 Å². The first-order chi connectivity index (χ1) is 6.38. The van der Waals surface area contributed by atoms with Gasteiger partial charge in [-0.1, -0.05) is 12.1 Å². The van der Waals surface area contributed by atoms with E-state index in [1.165, 1.54) is 12.8 Å². The van der Waals surface area contributed by atoms with Crippen LogP contribution in [0.5, 0.6) is 0 Å². The van der Waals surface area contributed by atoms with E-state index < -0.39 is 0 Å². The van der Waals surface area contributed by atoms with Crippen LogP contribution in [0, 0.1) is 5.92 Å². The predicted molar refractivity (Wildman–Crippen MR) is 53.6 cm³/mol. The molecule has 0 saturated heterocycles. The molecule has 0 aromatic heterocycles. The van der Waals surface area contributed by atoms with Crippen molar-refractivity contribution in [2.75, 3.05) is 11.9 Å². The van der Waals surface area contributed by atoms with Crippen LogP contribution in [0.2, 0.25) is 0 Å². The Balaban J connectivity index is 1.93. The van der Waals surface area contributed by atoms with Crippen molar-refractivity contribution in [2.24, 2.45) is 5.92 Å². The molecule has 0 unspecified atom stereocenters. The Kier molecular flexibility index (Phi) is 2.50. The highest BCUT2D eigenvalue weighted by Crippen LogP contribution is 2.28. The summed E-state index contributed by atoms with van der Waals surface area (Å²) in [4.78, 5) is 0. The summed E-state index contributed by atoms with van der Waals surface area (Å²) < 4.78 is 0. The second-order valence-electron chi connectivity index (χ2n) is 3.68. The number of hydrogen-bond acceptors (Lipinski definition) is 2. The molecule has 0 radical (unpaired) electrons. The molecule has 2 nitrogen and oxygen atoms in total. The van der Waals surface area contributed by atoms with E-state index in [1.54, 1.807) is 0 Å². The Hall–Kier alpha value is -1.02. The second-order valence-corrected chi connectivity index (χ2v) is 3.68. The van der Waals surface area contributed by atoms with Gasteiger partial charge < -0.3 is 10.4 Å². The van der Waals surface area contributed by atoms with Crippen LogP contribution in [0.15, 0.2) is 24.3 Å². The van der Waals surface area contributed by atoms with Crippen LogP contribution in [0.1, 0.15) is 18.4 Å². The van der Waals surface area contributed by atoms with Crippen molar-refractivity contribution in [3.05, 3.63) is 29.8 Å². The second kappa shape index (κ2) is 3.79. The van der Waals surface area contributed by atoms with Crippen molar-refractivity contribution in [1.29, 1.82) is 0 Å². The number of aliphatic hydroxyl groups excluding tert-OH is 1. The normalized spacial score (nSPS) is 15.8. The largest absolute Gasteiger partial charge is 0.392 e. The van der Waals surface area contributed by atoms with Crippen molar-refractivity contribution < 1.29 is 5.11 Å². The molecular weight excluding hydrogens is 162 g/mol. The van der Waals surface area contributed by atoms with Crippen LogP contribution in [0.4, 0.5) is 5.69 Å². The van der Waals surface area contributed by atoms with E-state index >= 15 is 0 Å². The van der Waals surface area contributed by atoms with E-state index in [-0.39, 0.29) is 6.61 Å². The molecule has 2 N–H and O–H groups in total. The molecule has 1 saturated carbocycles. The third-order valence-corrected chi connectivity index (χ3v) is 2.40. The molecular formula is C11H15NO. The maximum Gasteiger partial charge on any atom is 0.0682 e. The predicted octanol–water partition coefficient (Wildman–Crippen LogP) is 2.00. The summed E-state index contributed by atoms with van der Waals surface area (Å²) in [7, 11) is 0. The third kappa shape index (κ3) is 2.46. The zero-order chi connectivity index (χ0) is 9.10. The lowest BCUT2D eigenvalue weighted by molar-refractivity contribution is 0.282. The van der Waals surface area contributed by atoms with Crippen LogP contribution < -0.4 is 5.32 Å². The average Bonchev–Trinajstić information content (AvgIpc) is 2.99. The fourth-order valence-electron chi connectivity index (χ4n) is 1.36. The number of hydrogen-bond donors (Lipinski definition) is 2. The summed E-state index contributed by atoms with van der Waals surface area (Å²) in [6.45, 7) is 1.20. The highest BCUT2D eigenvalue weighted by atomic mass is 16.3. The monoisotopic (exact) mass is 177 g/mol. The molecule has 70 valence electrons. The number of nitrogens with one attached hydrogen (secondary N) is 1. The highest BCUT2D eigenvalue weighted by Gasteiger charge is 2.20. The summed E-state index contributed by atoms with van der Waals surface area (Å²) in [5.74, 6) is 0.887. The zero-order valence-electron chi connectivity index (χ0n) is 7.66. The van der Waals surface area contributed by atoms with Crippen molar-refractivity contribution >= 4 is 5.69 Å². The molecule has 1 aromatic carbocycles. The molecule has 1 aliphatic rings. The van der Waals surface area contributed by atoms with Gasteiger partial charge in [0, 0.05) is 12.2 Å².